The molecule has 1 heterocycles. The Balaban J connectivity index is 2.23. The van der Waals surface area contributed by atoms with Gasteiger partial charge in [-0.2, -0.15) is 4.72 Å². The summed E-state index contributed by atoms with van der Waals surface area (Å²) in [4.78, 5) is 61.2. The zero-order valence-corrected chi connectivity index (χ0v) is 30.8. The van der Waals surface area contributed by atoms with Gasteiger partial charge in [0.15, 0.2) is 30.3 Å². The van der Waals surface area contributed by atoms with E-state index in [4.69, 9.17) is 33.2 Å². The molecule has 1 saturated heterocycles. The lowest BCUT2D eigenvalue weighted by Crippen LogP contribution is -2.66. The van der Waals surface area contributed by atoms with Crippen LogP contribution in [0.4, 0.5) is 5.69 Å². The van der Waals surface area contributed by atoms with E-state index in [0.29, 0.717) is 19.4 Å². The van der Waals surface area contributed by atoms with Gasteiger partial charge in [0.2, 0.25) is 10.0 Å². The highest BCUT2D eigenvalue weighted by Crippen LogP contribution is 2.39. The summed E-state index contributed by atoms with van der Waals surface area (Å²) in [5, 5.41) is 3.15. The van der Waals surface area contributed by atoms with Crippen molar-refractivity contribution in [3.63, 3.8) is 0 Å². The third-order valence-electron chi connectivity index (χ3n) is 7.38. The molecule has 1 aliphatic heterocycles. The van der Waals surface area contributed by atoms with Gasteiger partial charge < -0.3 is 38.5 Å². The lowest BCUT2D eigenvalue weighted by atomic mass is 9.97. The largest absolute Gasteiger partial charge is 0.463 e. The molecule has 2 N–H and O–H groups in total. The lowest BCUT2D eigenvalue weighted by molar-refractivity contribution is -0.254. The fourth-order valence-corrected chi connectivity index (χ4v) is 6.39. The average molecular weight is 751 g/mol. The van der Waals surface area contributed by atoms with Crippen LogP contribution >= 0.6 is 0 Å². The highest BCUT2D eigenvalue weighted by molar-refractivity contribution is 7.89. The average Bonchev–Trinajstić information content (AvgIpc) is 3.07. The van der Waals surface area contributed by atoms with Gasteiger partial charge in [-0.3, -0.25) is 19.2 Å². The second-order valence-electron chi connectivity index (χ2n) is 11.8. The third kappa shape index (κ3) is 12.2. The molecular weight excluding hydrogens is 704 g/mol. The van der Waals surface area contributed by atoms with Gasteiger partial charge in [0.1, 0.15) is 23.4 Å². The van der Waals surface area contributed by atoms with Gasteiger partial charge in [-0.05, 0) is 37.1 Å². The Morgan fingerprint density at radius 3 is 1.98 bits per heavy atom. The smallest absolute Gasteiger partial charge is 0.338 e. The molecule has 3 rings (SSSR count). The van der Waals surface area contributed by atoms with E-state index < -0.39 is 82.0 Å². The van der Waals surface area contributed by atoms with Crippen LogP contribution in [0.1, 0.15) is 77.6 Å². The molecule has 5 atom stereocenters. The Hall–Kier alpha value is -4.74. The van der Waals surface area contributed by atoms with E-state index in [1.54, 1.807) is 30.3 Å². The minimum absolute atomic E-state index is 0.0985. The summed E-state index contributed by atoms with van der Waals surface area (Å²) >= 11 is 0. The second kappa shape index (κ2) is 19.8. The number of rotatable bonds is 18. The highest BCUT2D eigenvalue weighted by atomic mass is 32.2. The van der Waals surface area contributed by atoms with Crippen molar-refractivity contribution in [1.29, 1.82) is 0 Å². The molecule has 2 aromatic rings. The molecule has 0 aliphatic carbocycles. The summed E-state index contributed by atoms with van der Waals surface area (Å²) < 4.78 is 70.3. The van der Waals surface area contributed by atoms with Gasteiger partial charge in [-0.25, -0.2) is 13.2 Å². The predicted molar refractivity (Wildman–Crippen MR) is 184 cm³/mol. The molecule has 1 unspecified atom stereocenters. The predicted octanol–water partition coefficient (Wildman–Crippen LogP) is 4.01. The standard InChI is InChI=1S/C35H46N2O14S/c1-7-9-16-36-27-18-25(35(42)45-17-10-8-2)19-29(30(27)50-26-14-12-11-13-15-26)52(43,44)37-34-33(49-24(6)41)32(48-23(5)40)31(47-22(4)39)28(51-34)20-46-21(3)38/h11-15,18-19,28,31-34,36-37H,7-10,16-17,20H2,1-6H3/t28-,31-,32+,33-,34?/m1/s1. The Morgan fingerprint density at radius 1 is 0.769 bits per heavy atom. The molecule has 2 aromatic carbocycles. The Morgan fingerprint density at radius 2 is 1.38 bits per heavy atom. The van der Waals surface area contributed by atoms with Crippen LogP contribution in [0.5, 0.6) is 11.5 Å². The van der Waals surface area contributed by atoms with Crippen molar-refractivity contribution < 1.29 is 65.5 Å². The van der Waals surface area contributed by atoms with Crippen molar-refractivity contribution in [3.05, 3.63) is 48.0 Å². The van der Waals surface area contributed by atoms with Crippen LogP contribution in [-0.4, -0.2) is 88.7 Å². The molecule has 17 heteroatoms. The van der Waals surface area contributed by atoms with Gasteiger partial charge in [0.25, 0.3) is 0 Å². The molecule has 0 bridgehead atoms. The topological polar surface area (TPSA) is 208 Å². The van der Waals surface area contributed by atoms with Crippen molar-refractivity contribution in [1.82, 2.24) is 4.72 Å². The summed E-state index contributed by atoms with van der Waals surface area (Å²) in [6.45, 7) is 8.03. The molecule has 52 heavy (non-hydrogen) atoms. The first-order chi connectivity index (χ1) is 24.7. The first kappa shape index (κ1) is 41.7. The minimum atomic E-state index is -4.86. The molecule has 286 valence electrons. The van der Waals surface area contributed by atoms with Crippen LogP contribution in [0.3, 0.4) is 0 Å². The van der Waals surface area contributed by atoms with Crippen molar-refractivity contribution in [3.8, 4) is 11.5 Å². The molecule has 0 radical (unpaired) electrons. The Labute approximate surface area is 302 Å². The molecule has 0 spiro atoms. The fraction of sp³-hybridized carbons (Fsp3) is 0.514. The first-order valence-electron chi connectivity index (χ1n) is 16.8. The number of sulfonamides is 1. The molecule has 1 aliphatic rings. The molecule has 0 saturated carbocycles. The number of hydrogen-bond acceptors (Lipinski definition) is 15. The summed E-state index contributed by atoms with van der Waals surface area (Å²) in [5.74, 6) is -4.14. The van der Waals surface area contributed by atoms with Crippen LogP contribution in [-0.2, 0) is 57.6 Å². The number of esters is 5. The number of ether oxygens (including phenoxy) is 7. The minimum Gasteiger partial charge on any atom is -0.463 e. The first-order valence-corrected chi connectivity index (χ1v) is 18.3. The number of nitrogens with one attached hydrogen (secondary N) is 2. The van der Waals surface area contributed by atoms with Gasteiger partial charge in [-0.1, -0.05) is 44.9 Å². The van der Waals surface area contributed by atoms with Crippen molar-refractivity contribution in [2.45, 2.75) is 103 Å². The van der Waals surface area contributed by atoms with E-state index >= 15 is 0 Å². The molecular formula is C35H46N2O14S. The quantitative estimate of drug-likeness (QED) is 0.125. The summed E-state index contributed by atoms with van der Waals surface area (Å²) in [7, 11) is -4.86. The maximum absolute atomic E-state index is 14.6. The molecule has 0 aromatic heterocycles. The highest BCUT2D eigenvalue weighted by Gasteiger charge is 2.53. The normalized spacial score (nSPS) is 19.8. The summed E-state index contributed by atoms with van der Waals surface area (Å²) in [6.07, 6.45) is -5.33. The van der Waals surface area contributed by atoms with E-state index in [1.165, 1.54) is 6.07 Å². The summed E-state index contributed by atoms with van der Waals surface area (Å²) in [6, 6.07) is 10.8. The number of para-hydroxylation sites is 1. The maximum Gasteiger partial charge on any atom is 0.338 e. The molecule has 16 nitrogen and oxygen atoms in total. The van der Waals surface area contributed by atoms with Crippen molar-refractivity contribution >= 4 is 45.6 Å². The van der Waals surface area contributed by atoms with Crippen LogP contribution in [0.25, 0.3) is 0 Å². The number of carbonyl (C=O) groups excluding carboxylic acids is 5. The lowest BCUT2D eigenvalue weighted by Gasteiger charge is -2.44. The number of anilines is 1. The summed E-state index contributed by atoms with van der Waals surface area (Å²) in [5.41, 5.74) is 0.0431. The zero-order chi connectivity index (χ0) is 38.4. The van der Waals surface area contributed by atoms with E-state index in [0.717, 1.165) is 46.6 Å². The third-order valence-corrected chi connectivity index (χ3v) is 8.81. The zero-order valence-electron chi connectivity index (χ0n) is 30.0. The van der Waals surface area contributed by atoms with Crippen LogP contribution < -0.4 is 14.8 Å². The SMILES string of the molecule is CCCCNc1cc(C(=O)OCCCC)cc(S(=O)(=O)NC2O[C@H](COC(C)=O)[C@@H](OC(C)=O)[C@H](OC(C)=O)[C@H]2OC(C)=O)c1Oc1ccccc1. The Kier molecular flexibility index (Phi) is 15.8. The Bertz CT molecular complexity index is 1670. The number of unbranched alkanes of at least 4 members (excludes halogenated alkanes) is 2. The van der Waals surface area contributed by atoms with E-state index in [1.807, 2.05) is 13.8 Å². The second-order valence-corrected chi connectivity index (χ2v) is 13.5. The van der Waals surface area contributed by atoms with E-state index in [9.17, 15) is 32.4 Å². The van der Waals surface area contributed by atoms with E-state index in [-0.39, 0.29) is 29.4 Å². The van der Waals surface area contributed by atoms with Gasteiger partial charge in [-0.15, -0.1) is 0 Å². The van der Waals surface area contributed by atoms with Gasteiger partial charge in [0.05, 0.1) is 17.9 Å². The maximum atomic E-state index is 14.6. The van der Waals surface area contributed by atoms with Crippen LogP contribution in [0.2, 0.25) is 0 Å². The van der Waals surface area contributed by atoms with Crippen molar-refractivity contribution in [2.75, 3.05) is 25.1 Å². The van der Waals surface area contributed by atoms with Crippen molar-refractivity contribution in [2.24, 2.45) is 0 Å². The number of hydrogen-bond donors (Lipinski definition) is 2. The fourth-order valence-electron chi connectivity index (χ4n) is 5.09. The van der Waals surface area contributed by atoms with Gasteiger partial charge >= 0.3 is 29.8 Å². The van der Waals surface area contributed by atoms with E-state index in [2.05, 4.69) is 10.0 Å². The number of carbonyl (C=O) groups is 5. The number of benzene rings is 2. The monoisotopic (exact) mass is 750 g/mol. The molecule has 0 amide bonds. The van der Waals surface area contributed by atoms with Crippen LogP contribution in [0, 0.1) is 0 Å². The van der Waals surface area contributed by atoms with Gasteiger partial charge in [0, 0.05) is 34.2 Å². The molecule has 1 fully saturated rings. The van der Waals surface area contributed by atoms with Crippen LogP contribution in [0.15, 0.2) is 47.4 Å².